The summed E-state index contributed by atoms with van der Waals surface area (Å²) in [4.78, 5) is 10.1. The van der Waals surface area contributed by atoms with E-state index in [1.807, 2.05) is 0 Å². The molecule has 13 heavy (non-hydrogen) atoms. The van der Waals surface area contributed by atoms with Crippen LogP contribution in [0.5, 0.6) is 0 Å². The molecule has 0 unspecified atom stereocenters. The zero-order valence-electron chi connectivity index (χ0n) is 7.02. The first-order valence-electron chi connectivity index (χ1n) is 2.57. The van der Waals surface area contributed by atoms with Crippen molar-refractivity contribution in [3.8, 4) is 0 Å². The molecule has 0 heterocycles. The number of aromatic carboxylic acids is 1. The molecule has 1 aromatic rings. The molecule has 6 heteroatoms. The van der Waals surface area contributed by atoms with Gasteiger partial charge in [-0.15, -0.1) is 0 Å². The van der Waals surface area contributed by atoms with Crippen LogP contribution in [-0.4, -0.2) is 5.97 Å². The van der Waals surface area contributed by atoms with E-state index in [2.05, 4.69) is 0 Å². The average molecular weight is 224 g/mol. The number of carbonyl (C=O) groups excluding carboxylic acids is 1. The summed E-state index contributed by atoms with van der Waals surface area (Å²) in [5.41, 5.74) is 0.220. The van der Waals surface area contributed by atoms with Crippen LogP contribution in [0.15, 0.2) is 30.3 Å². The van der Waals surface area contributed by atoms with Crippen LogP contribution < -0.4 is 34.7 Å². The molecule has 0 spiro atoms. The van der Waals surface area contributed by atoms with Crippen molar-refractivity contribution in [1.29, 1.82) is 0 Å². The van der Waals surface area contributed by atoms with Gasteiger partial charge in [-0.25, -0.2) is 0 Å². The molecule has 62 valence electrons. The Kier molecular flexibility index (Phi) is 22.1. The summed E-state index contributed by atoms with van der Waals surface area (Å²) in [7, 11) is 0. The molecular weight excluding hydrogens is 219 g/mol. The van der Waals surface area contributed by atoms with Gasteiger partial charge in [-0.05, 0) is 5.56 Å². The van der Waals surface area contributed by atoms with Crippen LogP contribution in [0, 0.1) is 0 Å². The van der Waals surface area contributed by atoms with Crippen LogP contribution >= 0.6 is 0 Å². The van der Waals surface area contributed by atoms with E-state index >= 15 is 0 Å². The minimum atomic E-state index is -1.13. The second-order valence-electron chi connectivity index (χ2n) is 1.65. The number of carboxylic acids is 1. The predicted molar refractivity (Wildman–Crippen MR) is 32.1 cm³/mol. The fourth-order valence-corrected chi connectivity index (χ4v) is 0.574. The van der Waals surface area contributed by atoms with Crippen LogP contribution in [0.1, 0.15) is 10.4 Å². The summed E-state index contributed by atoms with van der Waals surface area (Å²) in [5, 5.41) is 10.1. The zero-order chi connectivity index (χ0) is 6.69. The number of carboxylic acid groups (broad SMARTS) is 1. The maximum absolute atomic E-state index is 10.1. The van der Waals surface area contributed by atoms with Crippen molar-refractivity contribution in [3.05, 3.63) is 35.9 Å². The van der Waals surface area contributed by atoms with E-state index in [1.54, 1.807) is 18.2 Å². The van der Waals surface area contributed by atoms with Crippen LogP contribution in [0.2, 0.25) is 0 Å². The van der Waals surface area contributed by atoms with Gasteiger partial charge in [0, 0.05) is 0 Å². The van der Waals surface area contributed by atoms with Gasteiger partial charge in [-0.3, -0.25) is 0 Å². The zero-order valence-corrected chi connectivity index (χ0v) is 10.6. The van der Waals surface area contributed by atoms with Crippen molar-refractivity contribution in [2.24, 2.45) is 0 Å². The molecule has 0 aromatic heterocycles. The Morgan fingerprint density at radius 1 is 1.08 bits per heavy atom. The molecule has 0 aliphatic carbocycles. The molecule has 0 saturated heterocycles. The van der Waals surface area contributed by atoms with E-state index in [-0.39, 0.29) is 67.8 Å². The minimum Gasteiger partial charge on any atom is -2.00 e. The first-order chi connectivity index (χ1) is 4.30. The average Bonchev–Trinajstić information content (AvgIpc) is 1.90. The SMILES string of the molecule is O=C([O-])c1ccccc1.[Na+].[O-2].[O-2].[Ti+4]. The Hall–Kier alpha value is 0.324. The summed E-state index contributed by atoms with van der Waals surface area (Å²) in [6.45, 7) is 0. The van der Waals surface area contributed by atoms with Crippen molar-refractivity contribution in [2.75, 3.05) is 0 Å². The molecule has 0 atom stereocenters. The van der Waals surface area contributed by atoms with Crippen molar-refractivity contribution < 1.29 is 72.1 Å². The molecule has 0 radical (unpaired) electrons. The standard InChI is InChI=1S/C7H6O2.Na.2O.Ti/c8-7(9)6-4-2-1-3-5-6;;;;/h1-5H,(H,8,9);;;;/q;+1;2*-2;+4/p-1. The molecule has 0 aliphatic rings. The Bertz CT molecular complexity index is 217. The van der Waals surface area contributed by atoms with Gasteiger partial charge in [0.15, 0.2) is 0 Å². The largest absolute Gasteiger partial charge is 4.00 e. The number of hydrogen-bond acceptors (Lipinski definition) is 2. The summed E-state index contributed by atoms with van der Waals surface area (Å²) < 4.78 is 0. The van der Waals surface area contributed by atoms with Crippen LogP contribution in [0.3, 0.4) is 0 Å². The Morgan fingerprint density at radius 3 is 1.69 bits per heavy atom. The van der Waals surface area contributed by atoms with E-state index in [9.17, 15) is 9.90 Å². The first-order valence-corrected chi connectivity index (χ1v) is 2.57. The molecule has 4 nitrogen and oxygen atoms in total. The Labute approximate surface area is 113 Å². The summed E-state index contributed by atoms with van der Waals surface area (Å²) in [6.07, 6.45) is 0. The quantitative estimate of drug-likeness (QED) is 0.469. The van der Waals surface area contributed by atoms with Crippen molar-refractivity contribution in [3.63, 3.8) is 0 Å². The number of rotatable bonds is 1. The summed E-state index contributed by atoms with van der Waals surface area (Å²) in [6, 6.07) is 8.06. The van der Waals surface area contributed by atoms with Gasteiger partial charge >= 0.3 is 51.3 Å². The summed E-state index contributed by atoms with van der Waals surface area (Å²) in [5.74, 6) is -1.13. The molecule has 1 rings (SSSR count). The molecule has 0 bridgehead atoms. The Morgan fingerprint density at radius 2 is 1.46 bits per heavy atom. The third-order valence-corrected chi connectivity index (χ3v) is 1.01. The van der Waals surface area contributed by atoms with Crippen LogP contribution in [-0.2, 0) is 32.7 Å². The van der Waals surface area contributed by atoms with E-state index < -0.39 is 5.97 Å². The number of benzene rings is 1. The molecule has 1 aromatic carbocycles. The number of hydrogen-bond donors (Lipinski definition) is 0. The normalized spacial score (nSPS) is 6.15. The van der Waals surface area contributed by atoms with Gasteiger partial charge in [-0.1, -0.05) is 30.3 Å². The van der Waals surface area contributed by atoms with E-state index in [0.717, 1.165) is 0 Å². The second kappa shape index (κ2) is 12.3. The van der Waals surface area contributed by atoms with Crippen molar-refractivity contribution in [2.45, 2.75) is 0 Å². The van der Waals surface area contributed by atoms with Crippen LogP contribution in [0.4, 0.5) is 0 Å². The molecule has 0 fully saturated rings. The van der Waals surface area contributed by atoms with Gasteiger partial charge < -0.3 is 20.9 Å². The predicted octanol–water partition coefficient (Wildman–Crippen LogP) is -3.19. The number of carbonyl (C=O) groups is 1. The molecule has 0 saturated carbocycles. The van der Waals surface area contributed by atoms with Crippen LogP contribution in [0.25, 0.3) is 0 Å². The topological polar surface area (TPSA) is 97.1 Å². The van der Waals surface area contributed by atoms with Gasteiger partial charge in [0.05, 0.1) is 5.97 Å². The summed E-state index contributed by atoms with van der Waals surface area (Å²) >= 11 is 0. The van der Waals surface area contributed by atoms with Crippen molar-refractivity contribution in [1.82, 2.24) is 0 Å². The molecule has 0 amide bonds. The van der Waals surface area contributed by atoms with Gasteiger partial charge in [-0.2, -0.15) is 0 Å². The van der Waals surface area contributed by atoms with Gasteiger partial charge in [0.25, 0.3) is 0 Å². The maximum Gasteiger partial charge on any atom is 4.00 e. The minimum absolute atomic E-state index is 0. The van der Waals surface area contributed by atoms with E-state index in [0.29, 0.717) is 0 Å². The molecular formula is C7H5NaO4Ti. The monoisotopic (exact) mass is 224 g/mol. The third-order valence-electron chi connectivity index (χ3n) is 1.01. The molecule has 0 aliphatic heterocycles. The van der Waals surface area contributed by atoms with E-state index in [1.165, 1.54) is 12.1 Å². The maximum atomic E-state index is 10.1. The van der Waals surface area contributed by atoms with Gasteiger partial charge in [0.1, 0.15) is 0 Å². The third kappa shape index (κ3) is 8.65. The van der Waals surface area contributed by atoms with Gasteiger partial charge in [0.2, 0.25) is 0 Å². The van der Waals surface area contributed by atoms with E-state index in [4.69, 9.17) is 0 Å². The van der Waals surface area contributed by atoms with Crippen molar-refractivity contribution >= 4 is 5.97 Å². The first kappa shape index (κ1) is 23.3. The fourth-order valence-electron chi connectivity index (χ4n) is 0.574. The molecule has 0 N–H and O–H groups in total. The smallest absolute Gasteiger partial charge is 2.00 e. The second-order valence-corrected chi connectivity index (χ2v) is 1.65. The Balaban J connectivity index is -0.000000101. The fraction of sp³-hybridized carbons (Fsp3) is 0.